The van der Waals surface area contributed by atoms with Crippen LogP contribution in [0.2, 0.25) is 0 Å². The van der Waals surface area contributed by atoms with E-state index in [1.807, 2.05) is 41.6 Å². The highest BCUT2D eigenvalue weighted by atomic mass is 16.2. The number of hydrogen-bond donors (Lipinski definition) is 0. The summed E-state index contributed by atoms with van der Waals surface area (Å²) in [4.78, 5) is 24.2. The van der Waals surface area contributed by atoms with Crippen molar-refractivity contribution in [1.29, 1.82) is 0 Å². The summed E-state index contributed by atoms with van der Waals surface area (Å²) < 4.78 is 2.03. The van der Waals surface area contributed by atoms with E-state index in [4.69, 9.17) is 0 Å². The van der Waals surface area contributed by atoms with Gasteiger partial charge in [0.2, 0.25) is 0 Å². The number of imidazole rings is 1. The van der Waals surface area contributed by atoms with Crippen molar-refractivity contribution in [2.45, 2.75) is 50.7 Å². The fraction of sp³-hybridized carbons (Fsp3) is 0.321. The quantitative estimate of drug-likeness (QED) is 0.437. The van der Waals surface area contributed by atoms with Crippen LogP contribution in [0.5, 0.6) is 0 Å². The molecule has 0 saturated carbocycles. The summed E-state index contributed by atoms with van der Waals surface area (Å²) in [5.41, 5.74) is 3.32. The Labute approximate surface area is 194 Å². The van der Waals surface area contributed by atoms with Crippen LogP contribution in [0.4, 0.5) is 0 Å². The maximum Gasteiger partial charge on any atom is 0.254 e. The minimum absolute atomic E-state index is 0.197. The van der Waals surface area contributed by atoms with Gasteiger partial charge in [-0.25, -0.2) is 4.98 Å². The van der Waals surface area contributed by atoms with E-state index in [9.17, 15) is 4.79 Å². The van der Waals surface area contributed by atoms with Gasteiger partial charge in [-0.2, -0.15) is 0 Å². The molecule has 2 bridgehead atoms. The highest BCUT2D eigenvalue weighted by Crippen LogP contribution is 2.41. The molecule has 2 fully saturated rings. The van der Waals surface area contributed by atoms with Crippen LogP contribution in [-0.2, 0) is 13.0 Å². The third kappa shape index (κ3) is 3.92. The van der Waals surface area contributed by atoms with Gasteiger partial charge < -0.3 is 9.47 Å². The molecule has 6 rings (SSSR count). The van der Waals surface area contributed by atoms with E-state index in [0.29, 0.717) is 18.0 Å². The van der Waals surface area contributed by atoms with Crippen LogP contribution < -0.4 is 0 Å². The fourth-order valence-electron chi connectivity index (χ4n) is 6.00. The standard InChI is InChI=1S/C28H28N4O/c33-28(24-6-1-3-20(13-24)18-31-12-11-30-19-31)32-25-7-8-26(32)16-21(15-25)14-23-5-2-4-22-9-10-29-17-27(22)23/h1-6,9-13,17,19,21,25-26H,7-8,14-16,18H2. The molecule has 5 heteroatoms. The first-order chi connectivity index (χ1) is 16.2. The van der Waals surface area contributed by atoms with Gasteiger partial charge in [-0.1, -0.05) is 30.3 Å². The second-order valence-corrected chi connectivity index (χ2v) is 9.59. The van der Waals surface area contributed by atoms with Crippen molar-refractivity contribution in [1.82, 2.24) is 19.4 Å². The SMILES string of the molecule is O=C(c1cccc(Cn2ccnc2)c1)N1C2CCC1CC(Cc1cccc3ccncc13)C2. The number of piperidine rings is 1. The van der Waals surface area contributed by atoms with Gasteiger partial charge in [-0.3, -0.25) is 9.78 Å². The van der Waals surface area contributed by atoms with Crippen LogP contribution in [0.1, 0.15) is 47.2 Å². The molecule has 1 amide bonds. The van der Waals surface area contributed by atoms with Crippen LogP contribution in [-0.4, -0.2) is 37.4 Å². The average molecular weight is 437 g/mol. The predicted octanol–water partition coefficient (Wildman–Crippen LogP) is 5.11. The Kier molecular flexibility index (Phi) is 5.17. The van der Waals surface area contributed by atoms with Crippen molar-refractivity contribution < 1.29 is 4.79 Å². The summed E-state index contributed by atoms with van der Waals surface area (Å²) in [6.45, 7) is 0.732. The molecule has 2 atom stereocenters. The third-order valence-corrected chi connectivity index (χ3v) is 7.45. The van der Waals surface area contributed by atoms with Crippen LogP contribution >= 0.6 is 0 Å². The number of pyridine rings is 1. The molecule has 0 radical (unpaired) electrons. The molecule has 2 unspecified atom stereocenters. The summed E-state index contributed by atoms with van der Waals surface area (Å²) in [6.07, 6.45) is 14.9. The molecule has 0 N–H and O–H groups in total. The van der Waals surface area contributed by atoms with E-state index in [-0.39, 0.29) is 5.91 Å². The number of benzene rings is 2. The predicted molar refractivity (Wildman–Crippen MR) is 129 cm³/mol. The zero-order chi connectivity index (χ0) is 22.2. The summed E-state index contributed by atoms with van der Waals surface area (Å²) in [7, 11) is 0. The summed E-state index contributed by atoms with van der Waals surface area (Å²) in [5.74, 6) is 0.813. The molecule has 2 saturated heterocycles. The van der Waals surface area contributed by atoms with Gasteiger partial charge in [0.15, 0.2) is 0 Å². The number of nitrogens with zero attached hydrogens (tertiary/aromatic N) is 4. The Balaban J connectivity index is 1.18. The first-order valence-electron chi connectivity index (χ1n) is 11.9. The third-order valence-electron chi connectivity index (χ3n) is 7.45. The first kappa shape index (κ1) is 20.2. The molecule has 2 aromatic heterocycles. The van der Waals surface area contributed by atoms with Gasteiger partial charge in [0.25, 0.3) is 5.91 Å². The van der Waals surface area contributed by atoms with Crippen LogP contribution in [0, 0.1) is 5.92 Å². The molecule has 4 aromatic rings. The lowest BCUT2D eigenvalue weighted by Crippen LogP contribution is -2.46. The van der Waals surface area contributed by atoms with E-state index in [2.05, 4.69) is 51.3 Å². The Morgan fingerprint density at radius 3 is 2.64 bits per heavy atom. The molecule has 2 aromatic carbocycles. The van der Waals surface area contributed by atoms with Gasteiger partial charge in [0, 0.05) is 54.4 Å². The van der Waals surface area contributed by atoms with E-state index in [1.54, 1.807) is 6.20 Å². The van der Waals surface area contributed by atoms with Crippen molar-refractivity contribution >= 4 is 16.7 Å². The average Bonchev–Trinajstić information content (AvgIpc) is 3.44. The maximum absolute atomic E-state index is 13.6. The van der Waals surface area contributed by atoms with Crippen LogP contribution in [0.15, 0.2) is 79.6 Å². The van der Waals surface area contributed by atoms with Crippen molar-refractivity contribution in [3.8, 4) is 0 Å². The molecule has 33 heavy (non-hydrogen) atoms. The van der Waals surface area contributed by atoms with Gasteiger partial charge in [0.05, 0.1) is 6.33 Å². The van der Waals surface area contributed by atoms with E-state index >= 15 is 0 Å². The Hall–Kier alpha value is -3.47. The summed E-state index contributed by atoms with van der Waals surface area (Å²) in [5, 5.41) is 2.52. The molecule has 0 aliphatic carbocycles. The summed E-state index contributed by atoms with van der Waals surface area (Å²) in [6, 6.07) is 17.5. The fourth-order valence-corrected chi connectivity index (χ4v) is 6.00. The molecule has 166 valence electrons. The number of carbonyl (C=O) groups excluding carboxylic acids is 1. The minimum atomic E-state index is 0.197. The number of fused-ring (bicyclic) bond motifs is 3. The lowest BCUT2D eigenvalue weighted by atomic mass is 9.84. The molecular formula is C28H28N4O. The van der Waals surface area contributed by atoms with Crippen molar-refractivity contribution in [2.24, 2.45) is 5.92 Å². The number of hydrogen-bond acceptors (Lipinski definition) is 3. The van der Waals surface area contributed by atoms with E-state index in [0.717, 1.165) is 49.8 Å². The van der Waals surface area contributed by atoms with Crippen LogP contribution in [0.3, 0.4) is 0 Å². The second-order valence-electron chi connectivity index (χ2n) is 9.59. The molecular weight excluding hydrogens is 408 g/mol. The molecule has 2 aliphatic rings. The van der Waals surface area contributed by atoms with Gasteiger partial charge in [0.1, 0.15) is 0 Å². The van der Waals surface area contributed by atoms with E-state index in [1.165, 1.54) is 16.3 Å². The minimum Gasteiger partial charge on any atom is -0.333 e. The maximum atomic E-state index is 13.6. The van der Waals surface area contributed by atoms with E-state index < -0.39 is 0 Å². The first-order valence-corrected chi connectivity index (χ1v) is 11.9. The highest BCUT2D eigenvalue weighted by Gasteiger charge is 2.43. The number of carbonyl (C=O) groups is 1. The zero-order valence-electron chi connectivity index (χ0n) is 18.7. The lowest BCUT2D eigenvalue weighted by Gasteiger charge is -2.39. The number of rotatable bonds is 5. The van der Waals surface area contributed by atoms with Crippen molar-refractivity contribution in [2.75, 3.05) is 0 Å². The van der Waals surface area contributed by atoms with Crippen molar-refractivity contribution in [3.05, 3.63) is 96.3 Å². The molecule has 4 heterocycles. The van der Waals surface area contributed by atoms with Crippen LogP contribution in [0.25, 0.3) is 10.8 Å². The lowest BCUT2D eigenvalue weighted by molar-refractivity contribution is 0.0524. The highest BCUT2D eigenvalue weighted by molar-refractivity contribution is 5.95. The second kappa shape index (κ2) is 8.47. The van der Waals surface area contributed by atoms with Gasteiger partial charge in [-0.15, -0.1) is 0 Å². The zero-order valence-corrected chi connectivity index (χ0v) is 18.7. The molecule has 5 nitrogen and oxygen atoms in total. The summed E-state index contributed by atoms with van der Waals surface area (Å²) >= 11 is 0. The number of amides is 1. The van der Waals surface area contributed by atoms with Gasteiger partial charge >= 0.3 is 0 Å². The molecule has 0 spiro atoms. The number of aromatic nitrogens is 3. The Bertz CT molecular complexity index is 1260. The Morgan fingerprint density at radius 1 is 0.970 bits per heavy atom. The largest absolute Gasteiger partial charge is 0.333 e. The smallest absolute Gasteiger partial charge is 0.254 e. The van der Waals surface area contributed by atoms with Crippen molar-refractivity contribution in [3.63, 3.8) is 0 Å². The monoisotopic (exact) mass is 436 g/mol. The Morgan fingerprint density at radius 2 is 1.82 bits per heavy atom. The molecule has 2 aliphatic heterocycles. The van der Waals surface area contributed by atoms with Gasteiger partial charge in [-0.05, 0) is 72.7 Å². The normalized spacial score (nSPS) is 22.1. The topological polar surface area (TPSA) is 51.0 Å².